The Kier molecular flexibility index (Phi) is 23.4. The van der Waals surface area contributed by atoms with Gasteiger partial charge in [0, 0.05) is 5.56 Å². The first-order chi connectivity index (χ1) is 25.8. The van der Waals surface area contributed by atoms with Crippen LogP contribution in [0.5, 0.6) is 5.75 Å². The molecule has 3 nitrogen and oxygen atoms in total. The van der Waals surface area contributed by atoms with Crippen molar-refractivity contribution in [1.82, 2.24) is 0 Å². The summed E-state index contributed by atoms with van der Waals surface area (Å²) < 4.78 is 62.6. The number of halogens is 3. The van der Waals surface area contributed by atoms with Gasteiger partial charge in [0.15, 0.2) is 0 Å². The molecule has 0 unspecified atom stereocenters. The molecule has 2 rings (SSSR count). The maximum Gasteiger partial charge on any atom is 0.534 e. The van der Waals surface area contributed by atoms with E-state index < -0.39 is 31.8 Å². The van der Waals surface area contributed by atoms with E-state index >= 15 is 0 Å². The first-order valence-electron chi connectivity index (χ1n) is 21.0. The largest absolute Gasteiger partial charge is 0.534 e. The van der Waals surface area contributed by atoms with Gasteiger partial charge in [0.2, 0.25) is 0 Å². The van der Waals surface area contributed by atoms with Crippen molar-refractivity contribution < 1.29 is 25.8 Å². The third-order valence-electron chi connectivity index (χ3n) is 11.5. The summed E-state index contributed by atoms with van der Waals surface area (Å²) in [6.45, 7) is 36.1. The molecule has 0 heterocycles. The summed E-state index contributed by atoms with van der Waals surface area (Å²) in [6, 6.07) is 11.4. The zero-order valence-corrected chi connectivity index (χ0v) is 40.7. The van der Waals surface area contributed by atoms with Crippen LogP contribution in [-0.2, 0) is 23.0 Å². The summed E-state index contributed by atoms with van der Waals surface area (Å²) in [5.74, 6) is 3.31. The van der Waals surface area contributed by atoms with Crippen LogP contribution in [0.4, 0.5) is 13.2 Å². The summed E-state index contributed by atoms with van der Waals surface area (Å²) in [5.41, 5.74) is 11.1. The highest BCUT2D eigenvalue weighted by Crippen LogP contribution is 2.41. The van der Waals surface area contributed by atoms with E-state index in [0.29, 0.717) is 38.8 Å². The molecule has 0 bridgehead atoms. The van der Waals surface area contributed by atoms with Crippen LogP contribution < -0.4 is 4.18 Å². The van der Waals surface area contributed by atoms with Gasteiger partial charge in [-0.15, -0.1) is 17.5 Å². The van der Waals surface area contributed by atoms with E-state index in [1.54, 1.807) is 12.1 Å². The van der Waals surface area contributed by atoms with E-state index in [1.165, 1.54) is 55.4 Å². The minimum atomic E-state index is -5.61. The quantitative estimate of drug-likeness (QED) is 0.0556. The van der Waals surface area contributed by atoms with Crippen LogP contribution in [0.2, 0.25) is 33.2 Å². The first-order valence-corrected chi connectivity index (χ1v) is 26.9. The molecule has 56 heavy (non-hydrogen) atoms. The van der Waals surface area contributed by atoms with Gasteiger partial charge in [0.05, 0.1) is 0 Å². The lowest BCUT2D eigenvalue weighted by Crippen LogP contribution is -2.43. The maximum absolute atomic E-state index is 12.2. The molecule has 0 atom stereocenters. The minimum absolute atomic E-state index is 0.290. The molecule has 0 saturated heterocycles. The van der Waals surface area contributed by atoms with E-state index in [9.17, 15) is 21.6 Å². The van der Waals surface area contributed by atoms with E-state index in [0.717, 1.165) is 31.2 Å². The van der Waals surface area contributed by atoms with Gasteiger partial charge in [-0.3, -0.25) is 0 Å². The van der Waals surface area contributed by atoms with Gasteiger partial charge >= 0.3 is 15.6 Å². The molecule has 0 saturated carbocycles. The molecule has 0 aromatic heterocycles. The third-order valence-corrected chi connectivity index (χ3v) is 25.0. The zero-order valence-electron chi connectivity index (χ0n) is 37.9. The summed E-state index contributed by atoms with van der Waals surface area (Å²) in [5, 5.41) is 0. The molecule has 2 aromatic carbocycles. The van der Waals surface area contributed by atoms with Crippen molar-refractivity contribution in [2.75, 3.05) is 0 Å². The van der Waals surface area contributed by atoms with Crippen LogP contribution in [0.25, 0.3) is 0 Å². The van der Waals surface area contributed by atoms with Crippen molar-refractivity contribution >= 4 is 26.3 Å². The molecule has 0 fully saturated rings. The highest BCUT2D eigenvalue weighted by Gasteiger charge is 2.48. The lowest BCUT2D eigenvalue weighted by molar-refractivity contribution is -0.0500. The highest BCUT2D eigenvalue weighted by atomic mass is 32.2. The number of rotatable bonds is 16. The van der Waals surface area contributed by atoms with Crippen LogP contribution in [0.15, 0.2) is 36.4 Å². The molecule has 0 aliphatic heterocycles. The number of aryl methyl sites for hydroxylation is 4. The monoisotopic (exact) mass is 835 g/mol. The molecule has 0 aliphatic carbocycles. The van der Waals surface area contributed by atoms with E-state index in [4.69, 9.17) is 6.42 Å². The lowest BCUT2D eigenvalue weighted by atomic mass is 10.0. The Hall–Kier alpha value is -2.47. The number of alkyl halides is 3. The Morgan fingerprint density at radius 3 is 1.34 bits per heavy atom. The summed E-state index contributed by atoms with van der Waals surface area (Å²) in [6.07, 6.45) is 14.8. The predicted molar refractivity (Wildman–Crippen MR) is 242 cm³/mol. The zero-order chi connectivity index (χ0) is 43.7. The van der Waals surface area contributed by atoms with E-state index in [1.807, 2.05) is 0 Å². The van der Waals surface area contributed by atoms with Crippen LogP contribution >= 0.6 is 0 Å². The average Bonchev–Trinajstić information content (AvgIpc) is 3.07. The standard InChI is InChI=1S/C23H38Si.C13H17F3O3S.C11H22Si/c1-9-10-11-12-22-13-14-23(21(8)17-22)15-16-24(18(2)3,19(4)5)20(6)7;1-3-4-5-6-11-7-8-12(10(2)9-11)19-20(17,18)13(14,15)16;1-8-12(9(2)3,10(4)5)11(6)7/h13-14,17-20H,9-12H2,1-8H3;7-9H,3-6H2,1-2H3;1,9-11H,2-7H3. The number of hydrogen-bond acceptors (Lipinski definition) is 3. The Morgan fingerprint density at radius 2 is 1.04 bits per heavy atom. The van der Waals surface area contributed by atoms with Crippen molar-refractivity contribution in [2.24, 2.45) is 0 Å². The fraction of sp³-hybridized carbons (Fsp3) is 0.660. The fourth-order valence-electron chi connectivity index (χ4n) is 8.41. The minimum Gasteiger partial charge on any atom is -0.376 e. The lowest BCUT2D eigenvalue weighted by Gasteiger charge is -2.38. The van der Waals surface area contributed by atoms with Crippen molar-refractivity contribution in [3.05, 3.63) is 64.2 Å². The van der Waals surface area contributed by atoms with Crippen molar-refractivity contribution in [2.45, 2.75) is 201 Å². The molecular weight excluding hydrogens is 758 g/mol. The van der Waals surface area contributed by atoms with Crippen LogP contribution in [0.1, 0.15) is 163 Å². The van der Waals surface area contributed by atoms with Crippen molar-refractivity contribution in [3.63, 3.8) is 0 Å². The van der Waals surface area contributed by atoms with E-state index in [2.05, 4.69) is 143 Å². The number of benzene rings is 2. The SMILES string of the molecule is C#C[Si](C(C)C)(C(C)C)C(C)C.CCCCCc1ccc(C#C[Si](C(C)C)(C(C)C)C(C)C)c(C)c1.CCCCCc1ccc(OS(=O)(=O)C(F)(F)F)c(C)c1. The van der Waals surface area contributed by atoms with Gasteiger partial charge < -0.3 is 4.18 Å². The predicted octanol–water partition coefficient (Wildman–Crippen LogP) is 15.1. The summed E-state index contributed by atoms with van der Waals surface area (Å²) in [4.78, 5) is 0. The van der Waals surface area contributed by atoms with Crippen LogP contribution in [-0.4, -0.2) is 30.1 Å². The van der Waals surface area contributed by atoms with Gasteiger partial charge in [0.25, 0.3) is 0 Å². The first kappa shape index (κ1) is 53.5. The maximum atomic E-state index is 12.2. The molecule has 0 spiro atoms. The normalized spacial score (nSPS) is 12.3. The Balaban J connectivity index is 0.000000856. The Bertz CT molecular complexity index is 1630. The molecule has 0 amide bonds. The van der Waals surface area contributed by atoms with Crippen molar-refractivity contribution in [1.29, 1.82) is 0 Å². The topological polar surface area (TPSA) is 43.4 Å². The van der Waals surface area contributed by atoms with Crippen LogP contribution in [0.3, 0.4) is 0 Å². The van der Waals surface area contributed by atoms with Crippen LogP contribution in [0, 0.1) is 37.3 Å². The van der Waals surface area contributed by atoms with Gasteiger partial charge in [0.1, 0.15) is 21.9 Å². The molecule has 0 aliphatic rings. The molecule has 9 heteroatoms. The molecular formula is C47H77F3O3SSi2. The second-order valence-corrected chi connectivity index (χ2v) is 30.1. The van der Waals surface area contributed by atoms with E-state index in [-0.39, 0.29) is 5.75 Å². The molecule has 318 valence electrons. The highest BCUT2D eigenvalue weighted by molar-refractivity contribution is 7.88. The second-order valence-electron chi connectivity index (χ2n) is 17.3. The Labute approximate surface area is 344 Å². The fourth-order valence-corrected chi connectivity index (χ4v) is 19.1. The number of hydrogen-bond donors (Lipinski definition) is 0. The van der Waals surface area contributed by atoms with Gasteiger partial charge in [-0.05, 0) is 107 Å². The number of terminal acetylenes is 1. The van der Waals surface area contributed by atoms with Gasteiger partial charge in [-0.1, -0.05) is 153 Å². The van der Waals surface area contributed by atoms with Gasteiger partial charge in [-0.2, -0.15) is 21.6 Å². The second kappa shape index (κ2) is 24.5. The molecule has 2 aromatic rings. The summed E-state index contributed by atoms with van der Waals surface area (Å²) in [7, 11) is -8.71. The third kappa shape index (κ3) is 15.4. The van der Waals surface area contributed by atoms with Crippen molar-refractivity contribution in [3.8, 4) is 29.2 Å². The molecule has 0 radical (unpaired) electrons. The number of unbranched alkanes of at least 4 members (excludes halogenated alkanes) is 4. The molecule has 0 N–H and O–H groups in total. The average molecular weight is 835 g/mol. The smallest absolute Gasteiger partial charge is 0.376 e. The Morgan fingerprint density at radius 1 is 0.643 bits per heavy atom. The summed E-state index contributed by atoms with van der Waals surface area (Å²) >= 11 is 0. The van der Waals surface area contributed by atoms with Gasteiger partial charge in [-0.25, -0.2) is 0 Å².